The van der Waals surface area contributed by atoms with Gasteiger partial charge in [-0.2, -0.15) is 0 Å². The van der Waals surface area contributed by atoms with Crippen LogP contribution >= 0.6 is 0 Å². The summed E-state index contributed by atoms with van der Waals surface area (Å²) < 4.78 is 18.3. The number of hydrogen-bond donors (Lipinski definition) is 2. The number of methoxy groups -OCH3 is 1. The molecular weight excluding hydrogens is 435 g/mol. The number of aromatic nitrogens is 2. The van der Waals surface area contributed by atoms with Crippen molar-refractivity contribution < 1.29 is 23.6 Å². The van der Waals surface area contributed by atoms with Crippen LogP contribution in [0, 0.1) is 23.2 Å². The minimum atomic E-state index is -0.868. The van der Waals surface area contributed by atoms with Crippen molar-refractivity contribution in [3.05, 3.63) is 24.3 Å². The number of carbonyl (C=O) groups excluding carboxylic acids is 2. The van der Waals surface area contributed by atoms with Crippen LogP contribution in [0.25, 0.3) is 0 Å². The summed E-state index contributed by atoms with van der Waals surface area (Å²) in [4.78, 5) is 33.8. The van der Waals surface area contributed by atoms with Gasteiger partial charge in [0, 0.05) is 19.5 Å². The molecule has 1 unspecified atom stereocenters. The molecule has 10 heteroatoms. The predicted octanol–water partition coefficient (Wildman–Crippen LogP) is 1.77. The van der Waals surface area contributed by atoms with Crippen molar-refractivity contribution in [2.24, 2.45) is 23.2 Å². The molecule has 1 saturated heterocycles. The van der Waals surface area contributed by atoms with Crippen molar-refractivity contribution in [3.8, 4) is 0 Å². The fourth-order valence-corrected chi connectivity index (χ4v) is 6.30. The smallest absolute Gasteiger partial charge is 0.404 e. The number of ether oxygens (including phenoxy) is 1. The second kappa shape index (κ2) is 8.88. The molecule has 4 aliphatic carbocycles. The first kappa shape index (κ1) is 23.7. The lowest BCUT2D eigenvalue weighted by atomic mass is 9.43. The van der Waals surface area contributed by atoms with Gasteiger partial charge in [0.05, 0.1) is 30.4 Å². The molecule has 2 amide bonds. The molecular formula is C24H35BN4O5. The Labute approximate surface area is 201 Å². The molecule has 1 aromatic rings. The summed E-state index contributed by atoms with van der Waals surface area (Å²) in [6.07, 6.45) is 9.64. The third-order valence-corrected chi connectivity index (χ3v) is 8.66. The number of amides is 2. The summed E-state index contributed by atoms with van der Waals surface area (Å²) in [6.45, 7) is 6.90. The van der Waals surface area contributed by atoms with E-state index < -0.39 is 19.1 Å². The van der Waals surface area contributed by atoms with E-state index in [9.17, 15) is 9.59 Å². The number of nitrogens with one attached hydrogen (secondary N) is 2. The molecule has 1 aromatic heterocycles. The van der Waals surface area contributed by atoms with Crippen LogP contribution in [-0.4, -0.2) is 66.3 Å². The number of carbonyl (C=O) groups is 2. The Balaban J connectivity index is 1.28. The lowest BCUT2D eigenvalue weighted by Gasteiger charge is -2.64. The quantitative estimate of drug-likeness (QED) is 0.529. The minimum Gasteiger partial charge on any atom is -0.404 e. The van der Waals surface area contributed by atoms with E-state index in [0.717, 1.165) is 25.7 Å². The van der Waals surface area contributed by atoms with Crippen molar-refractivity contribution >= 4 is 18.9 Å². The maximum atomic E-state index is 13.3. The normalized spacial score (nSPS) is 32.8. The van der Waals surface area contributed by atoms with E-state index in [1.807, 2.05) is 0 Å². The Morgan fingerprint density at radius 2 is 2.03 bits per heavy atom. The van der Waals surface area contributed by atoms with Gasteiger partial charge in [0.15, 0.2) is 0 Å². The highest BCUT2D eigenvalue weighted by Crippen LogP contribution is 2.65. The second-order valence-electron chi connectivity index (χ2n) is 11.2. The number of hydrogen-bond acceptors (Lipinski definition) is 7. The second-order valence-corrected chi connectivity index (χ2v) is 11.2. The molecule has 2 heterocycles. The standard InChI is InChI=1S/C24H35BN4O5/c1-23(2)15-10-18(23)24(3)19(11-15)33-25(34-24)20(9-14-5-6-14)29-22(31)17(13-32-4)28-21(30)16-12-26-7-8-27-16/h7-8,12,14-15,17-20H,5-6,9-11,13H2,1-4H3,(H,28,30)(H,29,31)/t15-,17?,18-,19+,20-,24-/m0/s1. The largest absolute Gasteiger partial charge is 0.481 e. The zero-order chi connectivity index (χ0) is 24.1. The molecule has 9 nitrogen and oxygen atoms in total. The highest BCUT2D eigenvalue weighted by Gasteiger charge is 2.68. The first-order valence-electron chi connectivity index (χ1n) is 12.4. The van der Waals surface area contributed by atoms with Gasteiger partial charge in [0.2, 0.25) is 5.91 Å². The Morgan fingerprint density at radius 3 is 2.68 bits per heavy atom. The lowest BCUT2D eigenvalue weighted by molar-refractivity contribution is -0.199. The number of rotatable bonds is 9. The maximum Gasteiger partial charge on any atom is 0.481 e. The third-order valence-electron chi connectivity index (χ3n) is 8.66. The third kappa shape index (κ3) is 4.24. The molecule has 0 spiro atoms. The van der Waals surface area contributed by atoms with Crippen LogP contribution in [0.15, 0.2) is 18.6 Å². The summed E-state index contributed by atoms with van der Waals surface area (Å²) in [5.41, 5.74) is 0.0704. The van der Waals surface area contributed by atoms with Gasteiger partial charge in [-0.05, 0) is 49.4 Å². The summed E-state index contributed by atoms with van der Waals surface area (Å²) in [5.74, 6) is 0.610. The van der Waals surface area contributed by atoms with Gasteiger partial charge in [0.1, 0.15) is 11.7 Å². The molecule has 0 aromatic carbocycles. The predicted molar refractivity (Wildman–Crippen MR) is 125 cm³/mol. The molecule has 34 heavy (non-hydrogen) atoms. The van der Waals surface area contributed by atoms with Crippen molar-refractivity contribution in [1.29, 1.82) is 0 Å². The molecule has 6 atom stereocenters. The number of nitrogens with zero attached hydrogens (tertiary/aromatic N) is 2. The van der Waals surface area contributed by atoms with Gasteiger partial charge in [-0.25, -0.2) is 4.98 Å². The molecule has 184 valence electrons. The zero-order valence-corrected chi connectivity index (χ0v) is 20.5. The van der Waals surface area contributed by atoms with Gasteiger partial charge in [-0.15, -0.1) is 0 Å². The Morgan fingerprint density at radius 1 is 1.24 bits per heavy atom. The lowest BCUT2D eigenvalue weighted by Crippen LogP contribution is -2.65. The average molecular weight is 470 g/mol. The van der Waals surface area contributed by atoms with Crippen molar-refractivity contribution in [2.75, 3.05) is 13.7 Å². The monoisotopic (exact) mass is 470 g/mol. The van der Waals surface area contributed by atoms with Crippen molar-refractivity contribution in [3.63, 3.8) is 0 Å². The van der Waals surface area contributed by atoms with Gasteiger partial charge < -0.3 is 24.7 Å². The Hall–Kier alpha value is -2.04. The summed E-state index contributed by atoms with van der Waals surface area (Å²) in [5, 5.41) is 5.85. The first-order valence-corrected chi connectivity index (χ1v) is 12.4. The van der Waals surface area contributed by atoms with Crippen LogP contribution in [0.4, 0.5) is 0 Å². The summed E-state index contributed by atoms with van der Waals surface area (Å²) >= 11 is 0. The van der Waals surface area contributed by atoms with E-state index in [4.69, 9.17) is 14.0 Å². The average Bonchev–Trinajstić information content (AvgIpc) is 3.56. The van der Waals surface area contributed by atoms with Gasteiger partial charge in [-0.3, -0.25) is 14.6 Å². The zero-order valence-electron chi connectivity index (χ0n) is 20.5. The molecule has 1 aliphatic heterocycles. The van der Waals surface area contributed by atoms with Crippen LogP contribution in [0.2, 0.25) is 0 Å². The van der Waals surface area contributed by atoms with E-state index >= 15 is 0 Å². The van der Waals surface area contributed by atoms with Crippen molar-refractivity contribution in [2.45, 2.75) is 76.6 Å². The van der Waals surface area contributed by atoms with E-state index in [-0.39, 0.29) is 41.3 Å². The van der Waals surface area contributed by atoms with Crippen LogP contribution in [0.1, 0.15) is 63.4 Å². The summed E-state index contributed by atoms with van der Waals surface area (Å²) in [7, 11) is 1.01. The van der Waals surface area contributed by atoms with Crippen LogP contribution in [0.5, 0.6) is 0 Å². The van der Waals surface area contributed by atoms with Gasteiger partial charge in [0.25, 0.3) is 5.91 Å². The van der Waals surface area contributed by atoms with E-state index in [0.29, 0.717) is 17.8 Å². The molecule has 5 fully saturated rings. The van der Waals surface area contributed by atoms with Gasteiger partial charge in [-0.1, -0.05) is 26.7 Å². The SMILES string of the molecule is COCC(NC(=O)c1cnccn1)C(=O)N[C@@H](CC1CC1)B1O[C@@H]2C[C@@H]3C[C@@H](C3(C)C)[C@]2(C)O1. The van der Waals surface area contributed by atoms with Gasteiger partial charge >= 0.3 is 7.12 Å². The molecule has 5 aliphatic rings. The fraction of sp³-hybridized carbons (Fsp3) is 0.750. The highest BCUT2D eigenvalue weighted by molar-refractivity contribution is 6.48. The Bertz CT molecular complexity index is 929. The first-order chi connectivity index (χ1) is 16.2. The molecule has 6 rings (SSSR count). The maximum absolute atomic E-state index is 13.3. The van der Waals surface area contributed by atoms with E-state index in [1.165, 1.54) is 32.1 Å². The Kier molecular flexibility index (Phi) is 6.19. The van der Waals surface area contributed by atoms with Crippen LogP contribution in [-0.2, 0) is 18.8 Å². The van der Waals surface area contributed by atoms with Crippen LogP contribution < -0.4 is 10.6 Å². The summed E-state index contributed by atoms with van der Waals surface area (Å²) in [6, 6.07) is -0.868. The van der Waals surface area contributed by atoms with Crippen LogP contribution in [0.3, 0.4) is 0 Å². The molecule has 2 bridgehead atoms. The minimum absolute atomic E-state index is 0.0403. The molecule has 2 N–H and O–H groups in total. The van der Waals surface area contributed by atoms with E-state index in [1.54, 1.807) is 0 Å². The topological polar surface area (TPSA) is 112 Å². The molecule has 0 radical (unpaired) electrons. The molecule has 4 saturated carbocycles. The van der Waals surface area contributed by atoms with E-state index in [2.05, 4.69) is 41.4 Å². The highest BCUT2D eigenvalue weighted by atomic mass is 16.7. The fourth-order valence-electron chi connectivity index (χ4n) is 6.30. The van der Waals surface area contributed by atoms with Crippen molar-refractivity contribution in [1.82, 2.24) is 20.6 Å².